The van der Waals surface area contributed by atoms with Gasteiger partial charge in [-0.15, -0.1) is 0 Å². The van der Waals surface area contributed by atoms with E-state index in [4.69, 9.17) is 10.8 Å². The van der Waals surface area contributed by atoms with Gasteiger partial charge in [0.05, 0.1) is 6.61 Å². The van der Waals surface area contributed by atoms with Crippen LogP contribution in [0.2, 0.25) is 0 Å². The summed E-state index contributed by atoms with van der Waals surface area (Å²) >= 11 is 0. The molecule has 11 heavy (non-hydrogen) atoms. The van der Waals surface area contributed by atoms with Crippen molar-refractivity contribution in [3.05, 3.63) is 24.6 Å². The molecule has 0 saturated heterocycles. The van der Waals surface area contributed by atoms with E-state index in [1.807, 2.05) is 13.1 Å². The molecule has 0 aliphatic carbocycles. The Morgan fingerprint density at radius 2 is 2.45 bits per heavy atom. The number of hydrogen-bond acceptors (Lipinski definition) is 3. The van der Waals surface area contributed by atoms with Gasteiger partial charge in [-0.25, -0.2) is 0 Å². The van der Waals surface area contributed by atoms with Crippen LogP contribution in [0, 0.1) is 0 Å². The summed E-state index contributed by atoms with van der Waals surface area (Å²) < 4.78 is 0. The number of rotatable bonds is 5. The van der Waals surface area contributed by atoms with Crippen molar-refractivity contribution in [3.8, 4) is 0 Å². The zero-order valence-corrected chi connectivity index (χ0v) is 6.88. The Morgan fingerprint density at radius 1 is 1.82 bits per heavy atom. The van der Waals surface area contributed by atoms with E-state index in [1.54, 1.807) is 6.20 Å². The van der Waals surface area contributed by atoms with E-state index >= 15 is 0 Å². The minimum atomic E-state index is -0.155. The van der Waals surface area contributed by atoms with E-state index < -0.39 is 0 Å². The molecule has 0 aromatic heterocycles. The molecule has 0 radical (unpaired) electrons. The van der Waals surface area contributed by atoms with Gasteiger partial charge in [-0.05, 0) is 25.7 Å². The van der Waals surface area contributed by atoms with Crippen LogP contribution in [0.3, 0.4) is 0 Å². The quantitative estimate of drug-likeness (QED) is 0.537. The van der Waals surface area contributed by atoms with E-state index in [2.05, 4.69) is 11.9 Å². The van der Waals surface area contributed by atoms with Crippen LogP contribution >= 0.6 is 0 Å². The molecule has 64 valence electrons. The van der Waals surface area contributed by atoms with Gasteiger partial charge >= 0.3 is 0 Å². The fraction of sp³-hybridized carbons (Fsp3) is 0.500. The molecule has 0 aliphatic heterocycles. The highest BCUT2D eigenvalue weighted by atomic mass is 16.3. The van der Waals surface area contributed by atoms with Crippen LogP contribution in [0.15, 0.2) is 24.6 Å². The highest BCUT2D eigenvalue weighted by Crippen LogP contribution is 2.00. The minimum absolute atomic E-state index is 0.0271. The smallest absolute Gasteiger partial charge is 0.0585 e. The maximum Gasteiger partial charge on any atom is 0.0585 e. The lowest BCUT2D eigenvalue weighted by atomic mass is 10.1. The van der Waals surface area contributed by atoms with Crippen molar-refractivity contribution in [2.45, 2.75) is 19.4 Å². The molecule has 0 fully saturated rings. The summed E-state index contributed by atoms with van der Waals surface area (Å²) in [6.07, 6.45) is 4.12. The van der Waals surface area contributed by atoms with Crippen molar-refractivity contribution in [2.75, 3.05) is 6.61 Å². The molecular weight excluding hydrogens is 140 g/mol. The van der Waals surface area contributed by atoms with Crippen molar-refractivity contribution in [3.63, 3.8) is 0 Å². The van der Waals surface area contributed by atoms with Crippen LogP contribution in [-0.2, 0) is 0 Å². The molecule has 0 aliphatic rings. The molecule has 0 amide bonds. The first-order valence-corrected chi connectivity index (χ1v) is 3.59. The Kier molecular flexibility index (Phi) is 5.51. The lowest BCUT2D eigenvalue weighted by Gasteiger charge is -2.07. The van der Waals surface area contributed by atoms with Crippen molar-refractivity contribution in [2.24, 2.45) is 5.73 Å². The van der Waals surface area contributed by atoms with E-state index in [0.717, 1.165) is 5.57 Å². The molecule has 0 rings (SSSR count). The lowest BCUT2D eigenvalue weighted by molar-refractivity contribution is 0.265. The van der Waals surface area contributed by atoms with Crippen molar-refractivity contribution in [1.82, 2.24) is 5.32 Å². The summed E-state index contributed by atoms with van der Waals surface area (Å²) in [5, 5.41) is 11.5. The largest absolute Gasteiger partial charge is 0.395 e. The number of aliphatic hydroxyl groups is 1. The van der Waals surface area contributed by atoms with Gasteiger partial charge in [0.2, 0.25) is 0 Å². The van der Waals surface area contributed by atoms with E-state index in [0.29, 0.717) is 6.42 Å². The summed E-state index contributed by atoms with van der Waals surface area (Å²) in [5.41, 5.74) is 6.60. The third-order valence-electron chi connectivity index (χ3n) is 1.27. The molecule has 4 N–H and O–H groups in total. The molecule has 0 saturated carbocycles. The number of nitrogens with one attached hydrogen (secondary N) is 1. The second kappa shape index (κ2) is 5.95. The fourth-order valence-corrected chi connectivity index (χ4v) is 0.738. The Hall–Kier alpha value is -0.800. The topological polar surface area (TPSA) is 58.3 Å². The molecule has 3 nitrogen and oxygen atoms in total. The van der Waals surface area contributed by atoms with Crippen molar-refractivity contribution < 1.29 is 5.11 Å². The third kappa shape index (κ3) is 5.63. The van der Waals surface area contributed by atoms with E-state index in [-0.39, 0.29) is 12.6 Å². The van der Waals surface area contributed by atoms with Gasteiger partial charge in [-0.2, -0.15) is 0 Å². The third-order valence-corrected chi connectivity index (χ3v) is 1.27. The summed E-state index contributed by atoms with van der Waals surface area (Å²) in [7, 11) is 0. The molecule has 0 bridgehead atoms. The molecule has 1 atom stereocenters. The van der Waals surface area contributed by atoms with Gasteiger partial charge in [-0.3, -0.25) is 0 Å². The maximum atomic E-state index is 8.62. The summed E-state index contributed by atoms with van der Waals surface area (Å²) in [4.78, 5) is 0. The van der Waals surface area contributed by atoms with Crippen LogP contribution in [0.25, 0.3) is 0 Å². The Balaban J connectivity index is 3.65. The average Bonchev–Trinajstić information content (AvgIpc) is 2.00. The predicted molar refractivity (Wildman–Crippen MR) is 46.8 cm³/mol. The molecule has 0 aromatic rings. The molecule has 0 aromatic carbocycles. The highest BCUT2D eigenvalue weighted by molar-refractivity contribution is 5.00. The second-order valence-corrected chi connectivity index (χ2v) is 2.51. The molecule has 0 spiro atoms. The normalized spacial score (nSPS) is 14.3. The standard InChI is InChI=1S/C8H16N2O/c1-3-10-5-7(2)4-8(9)6-11/h3,5,8,10-11H,1,4,6,9H2,2H3/b7-5+/t8-/m0/s1. The number of hydrogen-bond donors (Lipinski definition) is 3. The predicted octanol–water partition coefficient (Wildman–Crippen LogP) is 0.333. The van der Waals surface area contributed by atoms with Gasteiger partial charge < -0.3 is 16.2 Å². The first-order chi connectivity index (χ1) is 5.20. The highest BCUT2D eigenvalue weighted by Gasteiger charge is 1.99. The Morgan fingerprint density at radius 3 is 2.91 bits per heavy atom. The van der Waals surface area contributed by atoms with E-state index in [9.17, 15) is 0 Å². The zero-order chi connectivity index (χ0) is 8.69. The summed E-state index contributed by atoms with van der Waals surface area (Å²) in [6.45, 7) is 5.47. The van der Waals surface area contributed by atoms with Gasteiger partial charge in [0.15, 0.2) is 0 Å². The molecule has 0 heterocycles. The van der Waals surface area contributed by atoms with Crippen LogP contribution in [-0.4, -0.2) is 17.8 Å². The molecule has 0 unspecified atom stereocenters. The van der Waals surface area contributed by atoms with Crippen LogP contribution in [0.5, 0.6) is 0 Å². The SMILES string of the molecule is C=CN/C=C(\C)C[C@H](N)CO. The Labute approximate surface area is 67.6 Å². The van der Waals surface area contributed by atoms with Gasteiger partial charge in [0.1, 0.15) is 0 Å². The molecular formula is C8H16N2O. The lowest BCUT2D eigenvalue weighted by Crippen LogP contribution is -2.24. The second-order valence-electron chi connectivity index (χ2n) is 2.51. The van der Waals surface area contributed by atoms with Crippen molar-refractivity contribution in [1.29, 1.82) is 0 Å². The van der Waals surface area contributed by atoms with Gasteiger partial charge in [0, 0.05) is 6.04 Å². The number of aliphatic hydroxyl groups excluding tert-OH is 1. The maximum absolute atomic E-state index is 8.62. The number of nitrogens with two attached hydrogens (primary N) is 1. The summed E-state index contributed by atoms with van der Waals surface area (Å²) in [6, 6.07) is -0.155. The van der Waals surface area contributed by atoms with Gasteiger partial charge in [0.25, 0.3) is 0 Å². The zero-order valence-electron chi connectivity index (χ0n) is 6.88. The molecule has 3 heteroatoms. The van der Waals surface area contributed by atoms with E-state index in [1.165, 1.54) is 0 Å². The summed E-state index contributed by atoms with van der Waals surface area (Å²) in [5.74, 6) is 0. The first kappa shape index (κ1) is 10.2. The monoisotopic (exact) mass is 156 g/mol. The Bertz CT molecular complexity index is 143. The average molecular weight is 156 g/mol. The first-order valence-electron chi connectivity index (χ1n) is 3.59. The minimum Gasteiger partial charge on any atom is -0.395 e. The van der Waals surface area contributed by atoms with Crippen LogP contribution < -0.4 is 11.1 Å². The van der Waals surface area contributed by atoms with Gasteiger partial charge in [-0.1, -0.05) is 12.2 Å². The van der Waals surface area contributed by atoms with Crippen LogP contribution in [0.4, 0.5) is 0 Å². The van der Waals surface area contributed by atoms with Crippen molar-refractivity contribution >= 4 is 0 Å². The van der Waals surface area contributed by atoms with Crippen LogP contribution in [0.1, 0.15) is 13.3 Å². The fourth-order valence-electron chi connectivity index (χ4n) is 0.738.